The van der Waals surface area contributed by atoms with Gasteiger partial charge in [-0.3, -0.25) is 0 Å². The van der Waals surface area contributed by atoms with E-state index in [-0.39, 0.29) is 12.6 Å². The van der Waals surface area contributed by atoms with E-state index in [1.807, 2.05) is 12.1 Å². The van der Waals surface area contributed by atoms with Crippen molar-refractivity contribution in [1.29, 1.82) is 5.26 Å². The zero-order valence-electron chi connectivity index (χ0n) is 11.1. The number of rotatable bonds is 6. The Bertz CT molecular complexity index is 424. The van der Waals surface area contributed by atoms with Gasteiger partial charge >= 0.3 is 0 Å². The number of hydrogen-bond acceptors (Lipinski definition) is 4. The maximum atomic E-state index is 9.23. The number of benzene rings is 1. The summed E-state index contributed by atoms with van der Waals surface area (Å²) in [5.74, 6) is 0.956. The highest BCUT2D eigenvalue weighted by Crippen LogP contribution is 2.19. The van der Waals surface area contributed by atoms with E-state index in [4.69, 9.17) is 10.00 Å². The molecule has 0 radical (unpaired) electrons. The highest BCUT2D eigenvalue weighted by Gasteiger charge is 2.11. The number of aliphatic hydroxyl groups is 1. The molecule has 1 atom stereocenters. The summed E-state index contributed by atoms with van der Waals surface area (Å²) in [6.07, 6.45) is 0. The summed E-state index contributed by atoms with van der Waals surface area (Å²) < 4.78 is 5.16. The van der Waals surface area contributed by atoms with Gasteiger partial charge < -0.3 is 15.2 Å². The molecule has 0 fully saturated rings. The van der Waals surface area contributed by atoms with Gasteiger partial charge in [-0.25, -0.2) is 0 Å². The van der Waals surface area contributed by atoms with E-state index < -0.39 is 0 Å². The van der Waals surface area contributed by atoms with Gasteiger partial charge in [0.15, 0.2) is 0 Å². The number of ether oxygens (including phenoxy) is 1. The fraction of sp³-hybridized carbons (Fsp3) is 0.500. The van der Waals surface area contributed by atoms with Crippen LogP contribution in [0.2, 0.25) is 0 Å². The van der Waals surface area contributed by atoms with Crippen molar-refractivity contribution in [3.8, 4) is 11.8 Å². The minimum atomic E-state index is 0.0756. The standard InChI is InChI=1S/C14H20N2O2/c1-10(2)13(9-17)16-8-11-4-5-12(7-15)14(6-11)18-3/h4-6,10,13,16-17H,8-9H2,1-3H3. The summed E-state index contributed by atoms with van der Waals surface area (Å²) in [5.41, 5.74) is 1.56. The van der Waals surface area contributed by atoms with Crippen LogP contribution in [0.5, 0.6) is 5.75 Å². The van der Waals surface area contributed by atoms with Crippen LogP contribution in [0.3, 0.4) is 0 Å². The smallest absolute Gasteiger partial charge is 0.136 e. The molecule has 0 aliphatic heterocycles. The summed E-state index contributed by atoms with van der Waals surface area (Å²) >= 11 is 0. The second-order valence-corrected chi connectivity index (χ2v) is 4.56. The van der Waals surface area contributed by atoms with Gasteiger partial charge in [0, 0.05) is 12.6 Å². The number of nitrogens with zero attached hydrogens (tertiary/aromatic N) is 1. The summed E-state index contributed by atoms with van der Waals surface area (Å²) in [6.45, 7) is 4.89. The third-order valence-corrected chi connectivity index (χ3v) is 2.96. The van der Waals surface area contributed by atoms with Crippen LogP contribution in [-0.2, 0) is 6.54 Å². The van der Waals surface area contributed by atoms with Gasteiger partial charge in [0.05, 0.1) is 19.3 Å². The normalized spacial score (nSPS) is 12.2. The second kappa shape index (κ2) is 7.00. The molecule has 1 rings (SSSR count). The maximum Gasteiger partial charge on any atom is 0.136 e. The first kappa shape index (κ1) is 14.5. The predicted molar refractivity (Wildman–Crippen MR) is 70.3 cm³/mol. The molecule has 4 nitrogen and oxygen atoms in total. The minimum Gasteiger partial charge on any atom is -0.495 e. The van der Waals surface area contributed by atoms with Crippen LogP contribution >= 0.6 is 0 Å². The number of nitrogens with one attached hydrogen (secondary N) is 1. The highest BCUT2D eigenvalue weighted by atomic mass is 16.5. The Kier molecular flexibility index (Phi) is 5.63. The lowest BCUT2D eigenvalue weighted by Gasteiger charge is -2.20. The third-order valence-electron chi connectivity index (χ3n) is 2.96. The van der Waals surface area contributed by atoms with Gasteiger partial charge in [-0.05, 0) is 23.6 Å². The van der Waals surface area contributed by atoms with Crippen molar-refractivity contribution in [2.45, 2.75) is 26.4 Å². The van der Waals surface area contributed by atoms with Crippen LogP contribution in [-0.4, -0.2) is 24.9 Å². The summed E-state index contributed by atoms with van der Waals surface area (Å²) in [7, 11) is 1.55. The largest absolute Gasteiger partial charge is 0.495 e. The van der Waals surface area contributed by atoms with Gasteiger partial charge in [0.25, 0.3) is 0 Å². The molecule has 0 bridgehead atoms. The number of hydrogen-bond donors (Lipinski definition) is 2. The zero-order chi connectivity index (χ0) is 13.5. The molecule has 0 aromatic heterocycles. The van der Waals surface area contributed by atoms with Crippen LogP contribution in [0.1, 0.15) is 25.0 Å². The molecule has 0 spiro atoms. The van der Waals surface area contributed by atoms with E-state index in [2.05, 4.69) is 25.2 Å². The molecule has 0 saturated carbocycles. The van der Waals surface area contributed by atoms with E-state index in [1.54, 1.807) is 13.2 Å². The monoisotopic (exact) mass is 248 g/mol. The van der Waals surface area contributed by atoms with Gasteiger partial charge in [-0.1, -0.05) is 19.9 Å². The molecule has 0 aliphatic carbocycles. The molecule has 1 aromatic carbocycles. The van der Waals surface area contributed by atoms with Crippen LogP contribution in [0.4, 0.5) is 0 Å². The number of aliphatic hydroxyl groups excluding tert-OH is 1. The van der Waals surface area contributed by atoms with Crippen molar-refractivity contribution in [3.63, 3.8) is 0 Å². The third kappa shape index (κ3) is 3.73. The van der Waals surface area contributed by atoms with Crippen LogP contribution < -0.4 is 10.1 Å². The van der Waals surface area contributed by atoms with E-state index in [0.717, 1.165) is 5.56 Å². The Hall–Kier alpha value is -1.57. The van der Waals surface area contributed by atoms with E-state index >= 15 is 0 Å². The molecule has 0 amide bonds. The van der Waals surface area contributed by atoms with Crippen molar-refractivity contribution < 1.29 is 9.84 Å². The van der Waals surface area contributed by atoms with E-state index in [9.17, 15) is 5.11 Å². The first-order valence-electron chi connectivity index (χ1n) is 6.03. The maximum absolute atomic E-state index is 9.23. The fourth-order valence-corrected chi connectivity index (χ4v) is 1.70. The number of nitriles is 1. The average molecular weight is 248 g/mol. The van der Waals surface area contributed by atoms with E-state index in [1.165, 1.54) is 0 Å². The Labute approximate surface area is 108 Å². The fourth-order valence-electron chi connectivity index (χ4n) is 1.70. The SMILES string of the molecule is COc1cc(CNC(CO)C(C)C)ccc1C#N. The van der Waals surface area contributed by atoms with Crippen LogP contribution in [0, 0.1) is 17.2 Å². The summed E-state index contributed by atoms with van der Waals surface area (Å²) in [4.78, 5) is 0. The van der Waals surface area contributed by atoms with Crippen LogP contribution in [0.15, 0.2) is 18.2 Å². The van der Waals surface area contributed by atoms with Crippen molar-refractivity contribution in [1.82, 2.24) is 5.32 Å². The van der Waals surface area contributed by atoms with E-state index in [0.29, 0.717) is 23.8 Å². The predicted octanol–water partition coefficient (Wildman–Crippen LogP) is 1.67. The Morgan fingerprint density at radius 2 is 2.17 bits per heavy atom. The Morgan fingerprint density at radius 1 is 1.44 bits per heavy atom. The summed E-state index contributed by atoms with van der Waals surface area (Å²) in [5, 5.41) is 21.4. The zero-order valence-corrected chi connectivity index (χ0v) is 11.1. The van der Waals surface area contributed by atoms with Crippen molar-refractivity contribution in [3.05, 3.63) is 29.3 Å². The minimum absolute atomic E-state index is 0.0756. The highest BCUT2D eigenvalue weighted by molar-refractivity contribution is 5.45. The van der Waals surface area contributed by atoms with Crippen LogP contribution in [0.25, 0.3) is 0 Å². The lowest BCUT2D eigenvalue weighted by atomic mass is 10.0. The van der Waals surface area contributed by atoms with Gasteiger partial charge in [0.1, 0.15) is 11.8 Å². The lowest BCUT2D eigenvalue weighted by molar-refractivity contribution is 0.210. The molecule has 98 valence electrons. The number of methoxy groups -OCH3 is 1. The molecule has 0 aliphatic rings. The van der Waals surface area contributed by atoms with Crippen molar-refractivity contribution in [2.24, 2.45) is 5.92 Å². The average Bonchev–Trinajstić information content (AvgIpc) is 2.38. The topological polar surface area (TPSA) is 65.3 Å². The molecule has 4 heteroatoms. The van der Waals surface area contributed by atoms with Gasteiger partial charge in [-0.15, -0.1) is 0 Å². The second-order valence-electron chi connectivity index (χ2n) is 4.56. The molecule has 0 heterocycles. The molecular formula is C14H20N2O2. The Morgan fingerprint density at radius 3 is 2.67 bits per heavy atom. The first-order chi connectivity index (χ1) is 8.62. The molecule has 0 saturated heterocycles. The first-order valence-corrected chi connectivity index (χ1v) is 6.03. The molecule has 1 unspecified atom stereocenters. The van der Waals surface area contributed by atoms with Gasteiger partial charge in [-0.2, -0.15) is 5.26 Å². The molecular weight excluding hydrogens is 228 g/mol. The summed E-state index contributed by atoms with van der Waals surface area (Å²) in [6, 6.07) is 7.65. The quantitative estimate of drug-likeness (QED) is 0.803. The lowest BCUT2D eigenvalue weighted by Crippen LogP contribution is -2.36. The van der Waals surface area contributed by atoms with Crippen molar-refractivity contribution >= 4 is 0 Å². The van der Waals surface area contributed by atoms with Crippen molar-refractivity contribution in [2.75, 3.05) is 13.7 Å². The van der Waals surface area contributed by atoms with Gasteiger partial charge in [0.2, 0.25) is 0 Å². The molecule has 18 heavy (non-hydrogen) atoms. The Balaban J connectivity index is 2.71. The molecule has 2 N–H and O–H groups in total. The molecule has 1 aromatic rings.